The summed E-state index contributed by atoms with van der Waals surface area (Å²) in [6.07, 6.45) is 5.14. The lowest BCUT2D eigenvalue weighted by Gasteiger charge is -2.51. The predicted octanol–water partition coefficient (Wildman–Crippen LogP) is 3.01. The molecule has 2 saturated carbocycles. The average molecular weight is 268 g/mol. The molecular weight excluding hydrogens is 244 g/mol. The first kappa shape index (κ1) is 14.4. The third kappa shape index (κ3) is 2.05. The van der Waals surface area contributed by atoms with E-state index in [1.165, 1.54) is 0 Å². The van der Waals surface area contributed by atoms with Gasteiger partial charge in [-0.2, -0.15) is 0 Å². The maximum absolute atomic E-state index is 11.7. The fraction of sp³-hybridized carbons (Fsp3) is 0.867. The van der Waals surface area contributed by atoms with Gasteiger partial charge in [0.05, 0.1) is 0 Å². The van der Waals surface area contributed by atoms with Gasteiger partial charge in [0.2, 0.25) is 0 Å². The minimum atomic E-state index is -1.55. The molecule has 0 aromatic rings. The van der Waals surface area contributed by atoms with Crippen LogP contribution >= 0.6 is 0 Å². The van der Waals surface area contributed by atoms with Gasteiger partial charge in [-0.25, -0.2) is 0 Å². The van der Waals surface area contributed by atoms with Gasteiger partial charge in [-0.1, -0.05) is 33.1 Å². The van der Waals surface area contributed by atoms with Crippen molar-refractivity contribution in [2.75, 3.05) is 0 Å². The Balaban J connectivity index is 2.44. The molecule has 4 unspecified atom stereocenters. The van der Waals surface area contributed by atoms with E-state index >= 15 is 0 Å². The van der Waals surface area contributed by atoms with Crippen LogP contribution in [-0.4, -0.2) is 22.2 Å². The minimum Gasteiger partial charge on any atom is -0.480 e. The molecule has 4 nitrogen and oxygen atoms in total. The molecule has 0 spiro atoms. The van der Waals surface area contributed by atoms with Gasteiger partial charge in [-0.15, -0.1) is 0 Å². The highest BCUT2D eigenvalue weighted by Gasteiger charge is 2.60. The summed E-state index contributed by atoms with van der Waals surface area (Å²) in [6, 6.07) is 0. The average Bonchev–Trinajstić information content (AvgIpc) is 2.37. The third-order valence-corrected chi connectivity index (χ3v) is 5.61. The summed E-state index contributed by atoms with van der Waals surface area (Å²) in [4.78, 5) is 23.5. The van der Waals surface area contributed by atoms with E-state index in [1.807, 2.05) is 6.92 Å². The fourth-order valence-corrected chi connectivity index (χ4v) is 4.80. The van der Waals surface area contributed by atoms with E-state index in [0.717, 1.165) is 32.1 Å². The Morgan fingerprint density at radius 3 is 2.26 bits per heavy atom. The molecule has 2 aliphatic rings. The summed E-state index contributed by atoms with van der Waals surface area (Å²) >= 11 is 0. The van der Waals surface area contributed by atoms with Crippen LogP contribution in [-0.2, 0) is 9.59 Å². The standard InChI is InChI=1S/C15H24O4/c1-3-10-9(2)8-15(13(16)17,14(18)19)12-7-5-4-6-11(10)12/h9-12H,3-8H2,1-2H3,(H,16,17)(H,18,19). The number of fused-ring (bicyclic) bond motifs is 1. The molecule has 2 N–H and O–H groups in total. The minimum absolute atomic E-state index is 0.177. The SMILES string of the molecule is CCC1C(C)CC(C(=O)O)(C(=O)O)C2CCCCC12. The zero-order valence-corrected chi connectivity index (χ0v) is 11.8. The second-order valence-electron chi connectivity index (χ2n) is 6.39. The molecule has 0 aromatic carbocycles. The Morgan fingerprint density at radius 1 is 1.16 bits per heavy atom. The number of carboxylic acids is 2. The van der Waals surface area contributed by atoms with Gasteiger partial charge < -0.3 is 10.2 Å². The van der Waals surface area contributed by atoms with Crippen LogP contribution in [0.3, 0.4) is 0 Å². The van der Waals surface area contributed by atoms with Crippen molar-refractivity contribution in [1.29, 1.82) is 0 Å². The number of rotatable bonds is 3. The van der Waals surface area contributed by atoms with E-state index in [9.17, 15) is 19.8 Å². The van der Waals surface area contributed by atoms with Crippen molar-refractivity contribution < 1.29 is 19.8 Å². The Morgan fingerprint density at radius 2 is 1.74 bits per heavy atom. The van der Waals surface area contributed by atoms with Crippen molar-refractivity contribution in [2.45, 2.75) is 52.4 Å². The normalized spacial score (nSPS) is 37.4. The quantitative estimate of drug-likeness (QED) is 0.771. The lowest BCUT2D eigenvalue weighted by Crippen LogP contribution is -2.56. The molecule has 0 aromatic heterocycles. The highest BCUT2D eigenvalue weighted by Crippen LogP contribution is 2.56. The van der Waals surface area contributed by atoms with Gasteiger partial charge in [-0.3, -0.25) is 9.59 Å². The van der Waals surface area contributed by atoms with E-state index in [4.69, 9.17) is 0 Å². The Hall–Kier alpha value is -1.06. The van der Waals surface area contributed by atoms with Crippen molar-refractivity contribution in [3.8, 4) is 0 Å². The lowest BCUT2D eigenvalue weighted by atomic mass is 9.51. The van der Waals surface area contributed by atoms with E-state index in [-0.39, 0.29) is 24.2 Å². The van der Waals surface area contributed by atoms with Gasteiger partial charge in [-0.05, 0) is 42.9 Å². The summed E-state index contributed by atoms with van der Waals surface area (Å²) in [6.45, 7) is 4.17. The molecular formula is C15H24O4. The van der Waals surface area contributed by atoms with Crippen LogP contribution in [0.15, 0.2) is 0 Å². The van der Waals surface area contributed by atoms with Gasteiger partial charge in [0.1, 0.15) is 0 Å². The first-order valence-electron chi connectivity index (χ1n) is 7.42. The highest BCUT2D eigenvalue weighted by atomic mass is 16.4. The Kier molecular flexibility index (Phi) is 3.88. The monoisotopic (exact) mass is 268 g/mol. The second kappa shape index (κ2) is 5.14. The molecule has 2 aliphatic carbocycles. The maximum Gasteiger partial charge on any atom is 0.321 e. The molecule has 0 heterocycles. The van der Waals surface area contributed by atoms with Gasteiger partial charge in [0.25, 0.3) is 0 Å². The molecule has 0 bridgehead atoms. The van der Waals surface area contributed by atoms with Crippen molar-refractivity contribution in [3.63, 3.8) is 0 Å². The predicted molar refractivity (Wildman–Crippen MR) is 70.7 cm³/mol. The van der Waals surface area contributed by atoms with Gasteiger partial charge in [0.15, 0.2) is 5.41 Å². The largest absolute Gasteiger partial charge is 0.480 e. The van der Waals surface area contributed by atoms with Crippen LogP contribution in [0.5, 0.6) is 0 Å². The summed E-state index contributed by atoms with van der Waals surface area (Å²) in [5, 5.41) is 19.2. The van der Waals surface area contributed by atoms with Crippen LogP contribution < -0.4 is 0 Å². The molecule has 19 heavy (non-hydrogen) atoms. The zero-order valence-electron chi connectivity index (χ0n) is 11.8. The van der Waals surface area contributed by atoms with Gasteiger partial charge in [0, 0.05) is 0 Å². The van der Waals surface area contributed by atoms with E-state index in [0.29, 0.717) is 5.92 Å². The Labute approximate surface area is 114 Å². The Bertz CT molecular complexity index is 362. The smallest absolute Gasteiger partial charge is 0.321 e. The fourth-order valence-electron chi connectivity index (χ4n) is 4.80. The molecule has 0 amide bonds. The summed E-state index contributed by atoms with van der Waals surface area (Å²) in [5.41, 5.74) is -1.55. The second-order valence-corrected chi connectivity index (χ2v) is 6.39. The summed E-state index contributed by atoms with van der Waals surface area (Å²) < 4.78 is 0. The maximum atomic E-state index is 11.7. The molecule has 2 fully saturated rings. The van der Waals surface area contributed by atoms with Crippen molar-refractivity contribution in [3.05, 3.63) is 0 Å². The molecule has 0 saturated heterocycles. The van der Waals surface area contributed by atoms with Gasteiger partial charge >= 0.3 is 11.9 Å². The van der Waals surface area contributed by atoms with Crippen LogP contribution in [0.25, 0.3) is 0 Å². The van der Waals surface area contributed by atoms with Crippen molar-refractivity contribution >= 4 is 11.9 Å². The lowest BCUT2D eigenvalue weighted by molar-refractivity contribution is -0.182. The van der Waals surface area contributed by atoms with Crippen LogP contribution in [0.4, 0.5) is 0 Å². The first-order chi connectivity index (χ1) is 8.95. The zero-order chi connectivity index (χ0) is 14.2. The molecule has 0 aliphatic heterocycles. The highest BCUT2D eigenvalue weighted by molar-refractivity contribution is 5.98. The van der Waals surface area contributed by atoms with Crippen LogP contribution in [0.1, 0.15) is 52.4 Å². The molecule has 108 valence electrons. The first-order valence-corrected chi connectivity index (χ1v) is 7.42. The van der Waals surface area contributed by atoms with Crippen molar-refractivity contribution in [2.24, 2.45) is 29.1 Å². The van der Waals surface area contributed by atoms with E-state index in [1.54, 1.807) is 0 Å². The summed E-state index contributed by atoms with van der Waals surface area (Å²) in [7, 11) is 0. The number of hydrogen-bond donors (Lipinski definition) is 2. The topological polar surface area (TPSA) is 74.6 Å². The number of carbonyl (C=O) groups is 2. The molecule has 2 rings (SSSR count). The number of hydrogen-bond acceptors (Lipinski definition) is 2. The van der Waals surface area contributed by atoms with Crippen molar-refractivity contribution in [1.82, 2.24) is 0 Å². The molecule has 0 radical (unpaired) electrons. The molecule has 4 atom stereocenters. The van der Waals surface area contributed by atoms with Crippen LogP contribution in [0, 0.1) is 29.1 Å². The van der Waals surface area contributed by atoms with E-state index in [2.05, 4.69) is 6.92 Å². The third-order valence-electron chi connectivity index (χ3n) is 5.61. The summed E-state index contributed by atoms with van der Waals surface area (Å²) in [5.74, 6) is -1.50. The number of carboxylic acid groups (broad SMARTS) is 2. The molecule has 4 heteroatoms. The van der Waals surface area contributed by atoms with Crippen LogP contribution in [0.2, 0.25) is 0 Å². The van der Waals surface area contributed by atoms with E-state index < -0.39 is 17.4 Å². The number of aliphatic carboxylic acids is 2.